The Bertz CT molecular complexity index is 2070. The van der Waals surface area contributed by atoms with E-state index in [0.29, 0.717) is 0 Å². The van der Waals surface area contributed by atoms with Gasteiger partial charge in [0.15, 0.2) is 0 Å². The molecule has 8 aromatic rings. The number of rotatable bonds is 6. The van der Waals surface area contributed by atoms with Crippen molar-refractivity contribution in [3.8, 4) is 0 Å². The molecule has 0 bridgehead atoms. The number of hydrogen-bond donors (Lipinski definition) is 0. The van der Waals surface area contributed by atoms with Gasteiger partial charge in [0.25, 0.3) is 0 Å². The van der Waals surface area contributed by atoms with E-state index in [4.69, 9.17) is 0 Å². The number of hydrogen-bond acceptors (Lipinski definition) is 2. The molecule has 0 fully saturated rings. The first-order chi connectivity index (χ1) is 22.4. The maximum Gasteiger partial charge on any atom is 0.0540 e. The van der Waals surface area contributed by atoms with Gasteiger partial charge in [0, 0.05) is 74.5 Å². The van der Waals surface area contributed by atoms with Gasteiger partial charge in [-0.2, -0.15) is 0 Å². The lowest BCUT2D eigenvalue weighted by atomic mass is 9.91. The normalized spacial score (nSPS) is 11.7. The van der Waals surface area contributed by atoms with Crippen molar-refractivity contribution in [1.82, 2.24) is 0 Å². The number of nitrogens with zero attached hydrogens (tertiary/aromatic N) is 2. The molecule has 0 aliphatic rings. The molecule has 0 aromatic heterocycles. The first-order valence-corrected chi connectivity index (χ1v) is 20.0. The topological polar surface area (TPSA) is 6.48 Å². The predicted octanol–water partition coefficient (Wildman–Crippen LogP) is 3.49. The zero-order chi connectivity index (χ0) is 31.4. The summed E-state index contributed by atoms with van der Waals surface area (Å²) < 4.78 is 0. The average molecular weight is 657 g/mol. The molecule has 0 unspecified atom stereocenters. The number of anilines is 6. The van der Waals surface area contributed by atoms with Crippen molar-refractivity contribution < 1.29 is 0 Å². The Morgan fingerprint density at radius 3 is 0.826 bits per heavy atom. The smallest absolute Gasteiger partial charge is 0.0540 e. The molecular formula is C40H36N2Si4. The van der Waals surface area contributed by atoms with Gasteiger partial charge in [0.2, 0.25) is 0 Å². The summed E-state index contributed by atoms with van der Waals surface area (Å²) >= 11 is 0. The molecule has 0 saturated carbocycles. The minimum absolute atomic E-state index is 1.04. The second-order valence-electron chi connectivity index (χ2n) is 12.6. The molecule has 8 aromatic carbocycles. The second kappa shape index (κ2) is 11.6. The summed E-state index contributed by atoms with van der Waals surface area (Å²) in [7, 11) is 4.18. The third-order valence-corrected chi connectivity index (χ3v) is 11.9. The Labute approximate surface area is 282 Å². The van der Waals surface area contributed by atoms with Crippen LogP contribution in [-0.4, -0.2) is 41.0 Å². The summed E-state index contributed by atoms with van der Waals surface area (Å²) in [6.07, 6.45) is 0. The van der Waals surface area contributed by atoms with Crippen molar-refractivity contribution in [2.45, 2.75) is 0 Å². The fourth-order valence-electron chi connectivity index (χ4n) is 6.79. The van der Waals surface area contributed by atoms with Crippen LogP contribution in [0.5, 0.6) is 0 Å². The van der Waals surface area contributed by atoms with Crippen molar-refractivity contribution in [2.75, 3.05) is 9.80 Å². The summed E-state index contributed by atoms with van der Waals surface area (Å²) in [5.41, 5.74) is 7.16. The standard InChI is InChI=1S/C40H36N2Si4/c43-31-13-5-27(6-14-31)41(28-7-15-32(44)16-8-28)37-24-4-26-2-22-36-38(23-3-25-1-21-35(37)40(26)39(25)36)42(29-9-17-33(45)18-10-29)30-11-19-34(46)20-12-30/h1-24H,43-46H3. The van der Waals surface area contributed by atoms with Gasteiger partial charge >= 0.3 is 0 Å². The lowest BCUT2D eigenvalue weighted by Crippen LogP contribution is -2.14. The highest BCUT2D eigenvalue weighted by atomic mass is 28.2. The molecule has 0 aliphatic carbocycles. The van der Waals surface area contributed by atoms with Crippen molar-refractivity contribution in [3.63, 3.8) is 0 Å². The van der Waals surface area contributed by atoms with Gasteiger partial charge in [-0.15, -0.1) is 0 Å². The third-order valence-electron chi connectivity index (χ3n) is 9.27. The molecule has 222 valence electrons. The highest BCUT2D eigenvalue weighted by Gasteiger charge is 2.21. The van der Waals surface area contributed by atoms with Gasteiger partial charge in [-0.3, -0.25) is 0 Å². The van der Waals surface area contributed by atoms with E-state index in [1.165, 1.54) is 87.2 Å². The molecule has 0 spiro atoms. The van der Waals surface area contributed by atoms with Gasteiger partial charge in [-0.1, -0.05) is 106 Å². The van der Waals surface area contributed by atoms with Crippen LogP contribution in [0.15, 0.2) is 146 Å². The Morgan fingerprint density at radius 1 is 0.283 bits per heavy atom. The highest BCUT2D eigenvalue weighted by Crippen LogP contribution is 2.47. The number of benzene rings is 8. The van der Waals surface area contributed by atoms with Crippen LogP contribution in [0, 0.1) is 0 Å². The van der Waals surface area contributed by atoms with Crippen LogP contribution in [0.4, 0.5) is 34.1 Å². The van der Waals surface area contributed by atoms with E-state index in [2.05, 4.69) is 155 Å². The molecule has 0 saturated heterocycles. The maximum absolute atomic E-state index is 2.44. The Kier molecular flexibility index (Phi) is 7.22. The fraction of sp³-hybridized carbons (Fsp3) is 0. The van der Waals surface area contributed by atoms with Crippen molar-refractivity contribution in [1.29, 1.82) is 0 Å². The minimum Gasteiger partial charge on any atom is -0.310 e. The molecule has 0 radical (unpaired) electrons. The summed E-state index contributed by atoms with van der Waals surface area (Å²) in [6, 6.07) is 54.9. The predicted molar refractivity (Wildman–Crippen MR) is 218 cm³/mol. The van der Waals surface area contributed by atoms with Gasteiger partial charge in [-0.25, -0.2) is 0 Å². The largest absolute Gasteiger partial charge is 0.310 e. The molecule has 46 heavy (non-hydrogen) atoms. The van der Waals surface area contributed by atoms with E-state index >= 15 is 0 Å². The minimum atomic E-state index is 1.04. The van der Waals surface area contributed by atoms with E-state index in [9.17, 15) is 0 Å². The van der Waals surface area contributed by atoms with Crippen LogP contribution in [-0.2, 0) is 0 Å². The van der Waals surface area contributed by atoms with Crippen LogP contribution in [0.1, 0.15) is 0 Å². The van der Waals surface area contributed by atoms with Gasteiger partial charge in [0.05, 0.1) is 11.4 Å². The zero-order valence-electron chi connectivity index (χ0n) is 26.8. The van der Waals surface area contributed by atoms with E-state index in [1.807, 2.05) is 0 Å². The Balaban J connectivity index is 1.40. The molecule has 8 rings (SSSR count). The summed E-state index contributed by atoms with van der Waals surface area (Å²) in [5.74, 6) is 0. The van der Waals surface area contributed by atoms with Crippen LogP contribution in [0.3, 0.4) is 0 Å². The molecule has 0 amide bonds. The molecular weight excluding hydrogens is 621 g/mol. The van der Waals surface area contributed by atoms with Gasteiger partial charge < -0.3 is 9.80 Å². The average Bonchev–Trinajstić information content (AvgIpc) is 3.08. The molecule has 2 nitrogen and oxygen atoms in total. The molecule has 0 heterocycles. The summed E-state index contributed by atoms with van der Waals surface area (Å²) in [5, 5.41) is 13.3. The van der Waals surface area contributed by atoms with E-state index in [-0.39, 0.29) is 0 Å². The van der Waals surface area contributed by atoms with Crippen molar-refractivity contribution >= 4 is 128 Å². The zero-order valence-corrected chi connectivity index (χ0v) is 34.8. The summed E-state index contributed by atoms with van der Waals surface area (Å²) in [4.78, 5) is 4.87. The quantitative estimate of drug-likeness (QED) is 0.200. The van der Waals surface area contributed by atoms with Crippen LogP contribution < -0.4 is 30.5 Å². The fourth-order valence-corrected chi connectivity index (χ4v) is 8.12. The second-order valence-corrected chi connectivity index (χ2v) is 17.2. The molecule has 0 atom stereocenters. The van der Waals surface area contributed by atoms with E-state index in [0.717, 1.165) is 41.0 Å². The monoisotopic (exact) mass is 656 g/mol. The van der Waals surface area contributed by atoms with Crippen LogP contribution >= 0.6 is 0 Å². The van der Waals surface area contributed by atoms with Crippen molar-refractivity contribution in [3.05, 3.63) is 146 Å². The van der Waals surface area contributed by atoms with Crippen molar-refractivity contribution in [2.24, 2.45) is 0 Å². The lowest BCUT2D eigenvalue weighted by molar-refractivity contribution is 1.30. The summed E-state index contributed by atoms with van der Waals surface area (Å²) in [6.45, 7) is 0. The SMILES string of the molecule is [SiH3]c1ccc(N(c2ccc([SiH3])cc2)c2ccc3ccc4c(N(c5ccc([SiH3])cc5)c5ccc([SiH3])cc5)ccc5ccc2c3c54)cc1. The highest BCUT2D eigenvalue weighted by molar-refractivity contribution is 6.34. The first-order valence-electron chi connectivity index (χ1n) is 16.0. The van der Waals surface area contributed by atoms with Crippen LogP contribution in [0.2, 0.25) is 0 Å². The van der Waals surface area contributed by atoms with E-state index < -0.39 is 0 Å². The van der Waals surface area contributed by atoms with E-state index in [1.54, 1.807) is 0 Å². The first kappa shape index (κ1) is 28.7. The van der Waals surface area contributed by atoms with Crippen LogP contribution in [0.25, 0.3) is 32.3 Å². The third kappa shape index (κ3) is 5.00. The van der Waals surface area contributed by atoms with Gasteiger partial charge in [0.1, 0.15) is 0 Å². The van der Waals surface area contributed by atoms with Gasteiger partial charge in [-0.05, 0) is 82.2 Å². The molecule has 0 aliphatic heterocycles. The lowest BCUT2D eigenvalue weighted by Gasteiger charge is -2.29. The molecule has 6 heteroatoms. The maximum atomic E-state index is 2.44. The Hall–Kier alpha value is -4.73. The molecule has 0 N–H and O–H groups in total. The Morgan fingerprint density at radius 2 is 0.543 bits per heavy atom.